The van der Waals surface area contributed by atoms with Gasteiger partial charge in [-0.25, -0.2) is 8.42 Å². The number of alkyl halides is 3. The van der Waals surface area contributed by atoms with Crippen LogP contribution in [0.5, 0.6) is 0 Å². The SMILES string of the molecule is CCCCCCCCCC[NH+]1CCC(CCC)CC1.O=S(=O)([O-])C(F)(F)F. The highest BCUT2D eigenvalue weighted by Gasteiger charge is 2.36. The van der Waals surface area contributed by atoms with Gasteiger partial charge >= 0.3 is 5.51 Å². The molecule has 1 rings (SSSR count). The maximum absolute atomic E-state index is 10.7. The molecule has 1 heterocycles. The molecule has 0 radical (unpaired) electrons. The van der Waals surface area contributed by atoms with Crippen LogP contribution in [0.25, 0.3) is 0 Å². The molecule has 0 atom stereocenters. The van der Waals surface area contributed by atoms with E-state index in [0.717, 1.165) is 5.92 Å². The molecule has 0 aromatic carbocycles. The van der Waals surface area contributed by atoms with Crippen LogP contribution in [0.2, 0.25) is 0 Å². The monoisotopic (exact) mass is 417 g/mol. The summed E-state index contributed by atoms with van der Waals surface area (Å²) in [7, 11) is -6.09. The Balaban J connectivity index is 0.000000713. The number of piperidine rings is 1. The number of quaternary nitrogens is 1. The molecule has 1 fully saturated rings. The van der Waals surface area contributed by atoms with Crippen LogP contribution in [-0.2, 0) is 10.1 Å². The minimum absolute atomic E-state index is 1.06. The van der Waals surface area contributed by atoms with E-state index in [4.69, 9.17) is 13.0 Å². The van der Waals surface area contributed by atoms with Crippen molar-refractivity contribution in [3.8, 4) is 0 Å². The second kappa shape index (κ2) is 14.6. The zero-order valence-electron chi connectivity index (χ0n) is 17.0. The number of nitrogens with one attached hydrogen (secondary N) is 1. The maximum Gasteiger partial charge on any atom is 0.485 e. The molecule has 0 unspecified atom stereocenters. The lowest BCUT2D eigenvalue weighted by atomic mass is 9.92. The predicted molar refractivity (Wildman–Crippen MR) is 102 cm³/mol. The third kappa shape index (κ3) is 14.3. The molecule has 27 heavy (non-hydrogen) atoms. The first kappa shape index (κ1) is 26.7. The van der Waals surface area contributed by atoms with Crippen LogP contribution in [0.15, 0.2) is 0 Å². The first-order valence-electron chi connectivity index (χ1n) is 10.5. The molecular weight excluding hydrogens is 379 g/mol. The third-order valence-electron chi connectivity index (χ3n) is 5.18. The van der Waals surface area contributed by atoms with Gasteiger partial charge in [-0.2, -0.15) is 13.2 Å². The first-order chi connectivity index (χ1) is 12.6. The van der Waals surface area contributed by atoms with E-state index in [1.165, 1.54) is 96.7 Å². The van der Waals surface area contributed by atoms with Gasteiger partial charge in [0.2, 0.25) is 0 Å². The van der Waals surface area contributed by atoms with E-state index < -0.39 is 15.6 Å². The molecule has 1 N–H and O–H groups in total. The van der Waals surface area contributed by atoms with Gasteiger partial charge in [-0.3, -0.25) is 0 Å². The van der Waals surface area contributed by atoms with Crippen molar-refractivity contribution in [1.82, 2.24) is 0 Å². The summed E-state index contributed by atoms with van der Waals surface area (Å²) < 4.78 is 58.9. The molecule has 0 aliphatic carbocycles. The van der Waals surface area contributed by atoms with Gasteiger partial charge < -0.3 is 9.45 Å². The van der Waals surface area contributed by atoms with E-state index >= 15 is 0 Å². The molecule has 0 spiro atoms. The quantitative estimate of drug-likeness (QED) is 0.310. The first-order valence-corrected chi connectivity index (χ1v) is 11.9. The van der Waals surface area contributed by atoms with Crippen molar-refractivity contribution in [2.75, 3.05) is 19.6 Å². The molecule has 1 aliphatic rings. The lowest BCUT2D eigenvalue weighted by Gasteiger charge is -2.29. The number of hydrogen-bond donors (Lipinski definition) is 1. The van der Waals surface area contributed by atoms with Gasteiger partial charge in [0.25, 0.3) is 0 Å². The van der Waals surface area contributed by atoms with Crippen LogP contribution in [0.1, 0.15) is 90.9 Å². The van der Waals surface area contributed by atoms with Crippen LogP contribution in [0.3, 0.4) is 0 Å². The summed E-state index contributed by atoms with van der Waals surface area (Å²) in [5.74, 6) is 1.06. The Hall–Kier alpha value is -0.340. The summed E-state index contributed by atoms with van der Waals surface area (Å²) in [5, 5.41) is 0. The van der Waals surface area contributed by atoms with Gasteiger partial charge in [0.1, 0.15) is 0 Å². The highest BCUT2D eigenvalue weighted by atomic mass is 32.2. The zero-order chi connectivity index (χ0) is 20.8. The Kier molecular flexibility index (Phi) is 14.4. The fourth-order valence-electron chi connectivity index (χ4n) is 3.54. The summed E-state index contributed by atoms with van der Waals surface area (Å²) in [6, 6.07) is 0. The average Bonchev–Trinajstić information content (AvgIpc) is 2.58. The molecule has 0 aromatic heterocycles. The van der Waals surface area contributed by atoms with Crippen molar-refractivity contribution < 1.29 is 31.0 Å². The van der Waals surface area contributed by atoms with Crippen molar-refractivity contribution >= 4 is 10.1 Å². The number of likely N-dealkylation sites (tertiary alicyclic amines) is 1. The van der Waals surface area contributed by atoms with Crippen LogP contribution in [0.4, 0.5) is 13.2 Å². The van der Waals surface area contributed by atoms with Crippen LogP contribution >= 0.6 is 0 Å². The number of hydrogen-bond acceptors (Lipinski definition) is 3. The molecule has 0 bridgehead atoms. The highest BCUT2D eigenvalue weighted by molar-refractivity contribution is 7.86. The Morgan fingerprint density at radius 2 is 1.33 bits per heavy atom. The lowest BCUT2D eigenvalue weighted by molar-refractivity contribution is -0.906. The Bertz CT molecular complexity index is 448. The van der Waals surface area contributed by atoms with E-state index in [1.54, 1.807) is 0 Å². The summed E-state index contributed by atoms with van der Waals surface area (Å²) in [6.45, 7) is 9.00. The van der Waals surface area contributed by atoms with Crippen molar-refractivity contribution in [3.63, 3.8) is 0 Å². The van der Waals surface area contributed by atoms with Gasteiger partial charge in [0.15, 0.2) is 10.1 Å². The molecule has 0 amide bonds. The smallest absolute Gasteiger partial charge is 0.485 e. The van der Waals surface area contributed by atoms with Crippen molar-refractivity contribution in [3.05, 3.63) is 0 Å². The van der Waals surface area contributed by atoms with Crippen molar-refractivity contribution in [2.45, 2.75) is 96.4 Å². The van der Waals surface area contributed by atoms with Gasteiger partial charge in [0.05, 0.1) is 19.6 Å². The molecule has 0 aromatic rings. The third-order valence-corrected chi connectivity index (χ3v) is 5.74. The Morgan fingerprint density at radius 3 is 1.74 bits per heavy atom. The Labute approximate surface area is 163 Å². The van der Waals surface area contributed by atoms with Crippen LogP contribution in [-0.4, -0.2) is 38.1 Å². The van der Waals surface area contributed by atoms with Crippen LogP contribution < -0.4 is 4.90 Å². The topological polar surface area (TPSA) is 61.6 Å². The molecule has 164 valence electrons. The Morgan fingerprint density at radius 1 is 0.889 bits per heavy atom. The minimum Gasteiger partial charge on any atom is -0.741 e. The number of rotatable bonds is 11. The van der Waals surface area contributed by atoms with Crippen molar-refractivity contribution in [2.24, 2.45) is 5.92 Å². The molecular formula is C19H38F3NO3S. The number of halogens is 3. The van der Waals surface area contributed by atoms with E-state index in [1.807, 2.05) is 4.90 Å². The summed E-state index contributed by atoms with van der Waals surface area (Å²) in [4.78, 5) is 1.90. The second-order valence-corrected chi connectivity index (χ2v) is 8.98. The fourth-order valence-corrected chi connectivity index (χ4v) is 3.54. The maximum atomic E-state index is 10.7. The van der Waals surface area contributed by atoms with Gasteiger partial charge in [0, 0.05) is 0 Å². The molecule has 1 saturated heterocycles. The normalized spacial score (nSPS) is 20.8. The van der Waals surface area contributed by atoms with E-state index in [2.05, 4.69) is 13.8 Å². The van der Waals surface area contributed by atoms with E-state index in [9.17, 15) is 13.2 Å². The molecule has 4 nitrogen and oxygen atoms in total. The van der Waals surface area contributed by atoms with E-state index in [-0.39, 0.29) is 0 Å². The summed E-state index contributed by atoms with van der Waals surface area (Å²) in [6.07, 6.45) is 17.5. The summed E-state index contributed by atoms with van der Waals surface area (Å²) >= 11 is 0. The fraction of sp³-hybridized carbons (Fsp3) is 1.00. The average molecular weight is 418 g/mol. The molecule has 8 heteroatoms. The second-order valence-electron chi connectivity index (χ2n) is 7.61. The van der Waals surface area contributed by atoms with E-state index in [0.29, 0.717) is 0 Å². The molecule has 1 aliphatic heterocycles. The zero-order valence-corrected chi connectivity index (χ0v) is 17.8. The molecule has 0 saturated carbocycles. The van der Waals surface area contributed by atoms with Gasteiger partial charge in [-0.1, -0.05) is 65.2 Å². The van der Waals surface area contributed by atoms with Crippen molar-refractivity contribution in [1.29, 1.82) is 0 Å². The van der Waals surface area contributed by atoms with Gasteiger partial charge in [-0.15, -0.1) is 0 Å². The highest BCUT2D eigenvalue weighted by Crippen LogP contribution is 2.20. The van der Waals surface area contributed by atoms with Gasteiger partial charge in [-0.05, 0) is 31.6 Å². The van der Waals surface area contributed by atoms with Crippen LogP contribution in [0, 0.1) is 5.92 Å². The minimum atomic E-state index is -6.09. The number of unbranched alkanes of at least 4 members (excludes halogenated alkanes) is 7. The summed E-state index contributed by atoms with van der Waals surface area (Å²) in [5.41, 5.74) is -5.65. The lowest BCUT2D eigenvalue weighted by Crippen LogP contribution is -3.13. The standard InChI is InChI=1S/C18H37N.CHF3O3S/c1-3-5-6-7-8-9-10-11-15-19-16-13-18(12-4-2)14-17-19;2-1(3,4)8(5,6)7/h18H,3-17H2,1-2H3;(H,5,6,7). The predicted octanol–water partition coefficient (Wildman–Crippen LogP) is 4.27. The largest absolute Gasteiger partial charge is 0.741 e.